The van der Waals surface area contributed by atoms with E-state index in [1.165, 1.54) is 0 Å². The third-order valence-electron chi connectivity index (χ3n) is 6.24. The van der Waals surface area contributed by atoms with E-state index < -0.39 is 5.41 Å². The molecule has 4 rings (SSSR count). The maximum atomic E-state index is 13.7. The molecule has 1 aliphatic rings. The number of anilines is 1. The van der Waals surface area contributed by atoms with Crippen LogP contribution in [-0.4, -0.2) is 30.4 Å². The summed E-state index contributed by atoms with van der Waals surface area (Å²) < 4.78 is 0. The Morgan fingerprint density at radius 2 is 1.39 bits per heavy atom. The SMILES string of the molecule is CC(C)(C(=O)N1CCN(c2ccc(Cl)cc2Cl)[C@H](c2ccc(Cl)cc2)C1)c1ccc(Cl)cc1. The molecule has 3 nitrogen and oxygen atoms in total. The lowest BCUT2D eigenvalue weighted by atomic mass is 9.82. The Hall–Kier alpha value is -1.91. The van der Waals surface area contributed by atoms with Gasteiger partial charge in [0.1, 0.15) is 0 Å². The van der Waals surface area contributed by atoms with Crippen LogP contribution in [0.2, 0.25) is 20.1 Å². The third-order valence-corrected chi connectivity index (χ3v) is 7.28. The number of carbonyl (C=O) groups is 1. The lowest BCUT2D eigenvalue weighted by Crippen LogP contribution is -2.54. The molecule has 1 fully saturated rings. The molecule has 1 atom stereocenters. The number of piperazine rings is 1. The molecule has 172 valence electrons. The van der Waals surface area contributed by atoms with Gasteiger partial charge in [0.05, 0.1) is 22.2 Å². The highest BCUT2D eigenvalue weighted by Gasteiger charge is 2.38. The largest absolute Gasteiger partial charge is 0.360 e. The van der Waals surface area contributed by atoms with Gasteiger partial charge in [0.15, 0.2) is 0 Å². The number of halogens is 4. The Morgan fingerprint density at radius 3 is 2.00 bits per heavy atom. The molecule has 0 aliphatic carbocycles. The van der Waals surface area contributed by atoms with Crippen molar-refractivity contribution >= 4 is 58.0 Å². The first-order valence-electron chi connectivity index (χ1n) is 10.7. The Labute approximate surface area is 214 Å². The van der Waals surface area contributed by atoms with Crippen LogP contribution >= 0.6 is 46.4 Å². The average molecular weight is 522 g/mol. The van der Waals surface area contributed by atoms with Crippen molar-refractivity contribution < 1.29 is 4.79 Å². The summed E-state index contributed by atoms with van der Waals surface area (Å²) in [7, 11) is 0. The number of hydrogen-bond donors (Lipinski definition) is 0. The van der Waals surface area contributed by atoms with Crippen molar-refractivity contribution in [1.29, 1.82) is 0 Å². The van der Waals surface area contributed by atoms with Gasteiger partial charge in [0, 0.05) is 34.7 Å². The summed E-state index contributed by atoms with van der Waals surface area (Å²) in [6, 6.07) is 20.7. The number of benzene rings is 3. The van der Waals surface area contributed by atoms with Crippen LogP contribution in [0.5, 0.6) is 0 Å². The molecule has 0 bridgehead atoms. The lowest BCUT2D eigenvalue weighted by Gasteiger charge is -2.45. The molecule has 0 spiro atoms. The molecule has 1 aliphatic heterocycles. The van der Waals surface area contributed by atoms with Gasteiger partial charge < -0.3 is 9.80 Å². The summed E-state index contributed by atoms with van der Waals surface area (Å²) in [5.74, 6) is 0.0747. The van der Waals surface area contributed by atoms with Crippen LogP contribution in [0.4, 0.5) is 5.69 Å². The highest BCUT2D eigenvalue weighted by Crippen LogP contribution is 2.38. The van der Waals surface area contributed by atoms with Crippen LogP contribution in [0.1, 0.15) is 31.0 Å². The summed E-state index contributed by atoms with van der Waals surface area (Å²) in [5, 5.41) is 2.49. The van der Waals surface area contributed by atoms with E-state index in [-0.39, 0.29) is 11.9 Å². The molecule has 0 saturated carbocycles. The Bertz CT molecular complexity index is 1150. The van der Waals surface area contributed by atoms with Gasteiger partial charge in [-0.2, -0.15) is 0 Å². The molecule has 1 amide bonds. The van der Waals surface area contributed by atoms with Crippen molar-refractivity contribution in [3.05, 3.63) is 97.9 Å². The molecule has 7 heteroatoms. The molecule has 0 N–H and O–H groups in total. The van der Waals surface area contributed by atoms with Crippen molar-refractivity contribution in [2.45, 2.75) is 25.3 Å². The number of hydrogen-bond acceptors (Lipinski definition) is 2. The summed E-state index contributed by atoms with van der Waals surface area (Å²) in [4.78, 5) is 17.9. The van der Waals surface area contributed by atoms with Crippen LogP contribution in [-0.2, 0) is 10.2 Å². The number of rotatable bonds is 4. The van der Waals surface area contributed by atoms with Gasteiger partial charge in [-0.1, -0.05) is 70.7 Å². The second kappa shape index (κ2) is 9.76. The van der Waals surface area contributed by atoms with Crippen LogP contribution in [0.15, 0.2) is 66.7 Å². The number of carbonyl (C=O) groups excluding carboxylic acids is 1. The van der Waals surface area contributed by atoms with Gasteiger partial charge in [0.2, 0.25) is 5.91 Å². The normalized spacial score (nSPS) is 16.7. The minimum absolute atomic E-state index is 0.0747. The van der Waals surface area contributed by atoms with E-state index in [4.69, 9.17) is 46.4 Å². The van der Waals surface area contributed by atoms with Crippen molar-refractivity contribution in [1.82, 2.24) is 4.90 Å². The molecule has 0 aromatic heterocycles. The molecule has 0 unspecified atom stereocenters. The van der Waals surface area contributed by atoms with E-state index >= 15 is 0 Å². The molecule has 3 aromatic carbocycles. The van der Waals surface area contributed by atoms with Crippen LogP contribution in [0.25, 0.3) is 0 Å². The van der Waals surface area contributed by atoms with Gasteiger partial charge in [-0.05, 0) is 67.4 Å². The first-order valence-corrected chi connectivity index (χ1v) is 12.2. The molecule has 1 heterocycles. The highest BCUT2D eigenvalue weighted by molar-refractivity contribution is 6.36. The van der Waals surface area contributed by atoms with Crippen molar-refractivity contribution in [2.24, 2.45) is 0 Å². The monoisotopic (exact) mass is 520 g/mol. The third kappa shape index (κ3) is 5.12. The predicted octanol–water partition coefficient (Wildman–Crippen LogP) is 7.67. The average Bonchev–Trinajstić information content (AvgIpc) is 2.79. The quantitative estimate of drug-likeness (QED) is 0.351. The van der Waals surface area contributed by atoms with Gasteiger partial charge in [-0.25, -0.2) is 0 Å². The number of amides is 1. The summed E-state index contributed by atoms with van der Waals surface area (Å²) >= 11 is 24.9. The van der Waals surface area contributed by atoms with Gasteiger partial charge in [-0.15, -0.1) is 0 Å². The van der Waals surface area contributed by atoms with Crippen LogP contribution < -0.4 is 4.90 Å². The fraction of sp³-hybridized carbons (Fsp3) is 0.269. The zero-order chi connectivity index (χ0) is 23.8. The van der Waals surface area contributed by atoms with Gasteiger partial charge in [-0.3, -0.25) is 4.79 Å². The molecule has 33 heavy (non-hydrogen) atoms. The number of nitrogens with zero attached hydrogens (tertiary/aromatic N) is 2. The molecule has 3 aromatic rings. The van der Waals surface area contributed by atoms with Crippen molar-refractivity contribution in [3.63, 3.8) is 0 Å². The van der Waals surface area contributed by atoms with Crippen LogP contribution in [0.3, 0.4) is 0 Å². The van der Waals surface area contributed by atoms with E-state index in [0.29, 0.717) is 39.7 Å². The fourth-order valence-corrected chi connectivity index (χ4v) is 5.09. The Morgan fingerprint density at radius 1 is 0.818 bits per heavy atom. The first-order chi connectivity index (χ1) is 15.7. The van der Waals surface area contributed by atoms with Crippen molar-refractivity contribution in [2.75, 3.05) is 24.5 Å². The predicted molar refractivity (Wildman–Crippen MR) is 139 cm³/mol. The maximum absolute atomic E-state index is 13.7. The van der Waals surface area contributed by atoms with E-state index in [1.54, 1.807) is 6.07 Å². The van der Waals surface area contributed by atoms with E-state index in [0.717, 1.165) is 16.8 Å². The standard InChI is InChI=1S/C26H24Cl4N2O/c1-26(2,18-5-9-20(28)10-6-18)25(33)31-13-14-32(23-12-11-21(29)15-22(23)30)24(16-31)17-3-7-19(27)8-4-17/h3-12,15,24H,13-14,16H2,1-2H3/t24-/m0/s1. The smallest absolute Gasteiger partial charge is 0.232 e. The van der Waals surface area contributed by atoms with Gasteiger partial charge in [0.25, 0.3) is 0 Å². The lowest BCUT2D eigenvalue weighted by molar-refractivity contribution is -0.137. The van der Waals surface area contributed by atoms with E-state index in [9.17, 15) is 4.79 Å². The zero-order valence-electron chi connectivity index (χ0n) is 18.4. The molecule has 0 radical (unpaired) electrons. The van der Waals surface area contributed by atoms with Gasteiger partial charge >= 0.3 is 0 Å². The second-order valence-electron chi connectivity index (χ2n) is 8.74. The Balaban J connectivity index is 1.66. The zero-order valence-corrected chi connectivity index (χ0v) is 21.4. The Kier molecular flexibility index (Phi) is 7.16. The second-order valence-corrected chi connectivity index (χ2v) is 10.5. The van der Waals surface area contributed by atoms with Crippen molar-refractivity contribution in [3.8, 4) is 0 Å². The first kappa shape index (κ1) is 24.2. The molecular weight excluding hydrogens is 498 g/mol. The summed E-state index contributed by atoms with van der Waals surface area (Å²) in [6.07, 6.45) is 0. The molecular formula is C26H24Cl4N2O. The highest BCUT2D eigenvalue weighted by atomic mass is 35.5. The topological polar surface area (TPSA) is 23.6 Å². The summed E-state index contributed by atoms with van der Waals surface area (Å²) in [5.41, 5.74) is 2.20. The minimum atomic E-state index is -0.685. The van der Waals surface area contributed by atoms with E-state index in [2.05, 4.69) is 4.90 Å². The molecule has 1 saturated heterocycles. The summed E-state index contributed by atoms with van der Waals surface area (Å²) in [6.45, 7) is 5.66. The minimum Gasteiger partial charge on any atom is -0.360 e. The van der Waals surface area contributed by atoms with Crippen LogP contribution in [0, 0.1) is 0 Å². The maximum Gasteiger partial charge on any atom is 0.232 e. The fourth-order valence-electron chi connectivity index (χ4n) is 4.33. The van der Waals surface area contributed by atoms with E-state index in [1.807, 2.05) is 79.4 Å².